The zero-order valence-corrected chi connectivity index (χ0v) is 15.1. The number of hydrogen-bond acceptors (Lipinski definition) is 3. The van der Waals surface area contributed by atoms with E-state index in [0.717, 1.165) is 39.3 Å². The van der Waals surface area contributed by atoms with E-state index >= 15 is 0 Å². The van der Waals surface area contributed by atoms with Crippen molar-refractivity contribution < 1.29 is 4.74 Å². The van der Waals surface area contributed by atoms with Crippen LogP contribution < -0.4 is 4.74 Å². The van der Waals surface area contributed by atoms with Gasteiger partial charge in [0.2, 0.25) is 0 Å². The molecular formula is C19H25N3O. The molecule has 0 aliphatic heterocycles. The Morgan fingerprint density at radius 3 is 2.30 bits per heavy atom. The summed E-state index contributed by atoms with van der Waals surface area (Å²) in [6.07, 6.45) is 0. The molecule has 23 heavy (non-hydrogen) atoms. The highest BCUT2D eigenvalue weighted by Gasteiger charge is 2.12. The summed E-state index contributed by atoms with van der Waals surface area (Å²) in [7, 11) is 3.64. The SMILES string of the molecule is CC.COc1ccc2c(C)cc(-c3cc(C)nn3C)nc2c1C. The zero-order valence-electron chi connectivity index (χ0n) is 15.1. The number of hydrogen-bond donors (Lipinski definition) is 0. The number of aromatic nitrogens is 3. The zero-order chi connectivity index (χ0) is 17.1. The Hall–Kier alpha value is -2.36. The standard InChI is InChI=1S/C17H19N3O.C2H6/c1-10-8-14(15-9-11(2)19-20(15)4)18-17-12(3)16(21-5)7-6-13(10)17;1-2/h6-9H,1-5H3;1-2H3. The van der Waals surface area contributed by atoms with E-state index < -0.39 is 0 Å². The van der Waals surface area contributed by atoms with Gasteiger partial charge in [-0.2, -0.15) is 5.10 Å². The summed E-state index contributed by atoms with van der Waals surface area (Å²) in [5.74, 6) is 0.868. The largest absolute Gasteiger partial charge is 0.496 e. The molecule has 4 nitrogen and oxygen atoms in total. The van der Waals surface area contributed by atoms with Crippen LogP contribution in [0.2, 0.25) is 0 Å². The molecule has 0 radical (unpaired) electrons. The van der Waals surface area contributed by atoms with E-state index in [2.05, 4.69) is 30.2 Å². The maximum Gasteiger partial charge on any atom is 0.123 e. The highest BCUT2D eigenvalue weighted by Crippen LogP contribution is 2.30. The Morgan fingerprint density at radius 2 is 1.74 bits per heavy atom. The number of rotatable bonds is 2. The molecule has 0 aliphatic rings. The molecular weight excluding hydrogens is 286 g/mol. The third-order valence-electron chi connectivity index (χ3n) is 3.88. The van der Waals surface area contributed by atoms with Crippen molar-refractivity contribution in [1.82, 2.24) is 14.8 Å². The summed E-state index contributed by atoms with van der Waals surface area (Å²) in [4.78, 5) is 4.85. The fourth-order valence-electron chi connectivity index (χ4n) is 2.78. The lowest BCUT2D eigenvalue weighted by molar-refractivity contribution is 0.412. The van der Waals surface area contributed by atoms with Crippen LogP contribution in [0.5, 0.6) is 5.75 Å². The summed E-state index contributed by atoms with van der Waals surface area (Å²) in [6.45, 7) is 10.2. The van der Waals surface area contributed by atoms with E-state index in [0.29, 0.717) is 0 Å². The predicted molar refractivity (Wildman–Crippen MR) is 96.1 cm³/mol. The molecule has 0 amide bonds. The van der Waals surface area contributed by atoms with Gasteiger partial charge in [0, 0.05) is 18.0 Å². The van der Waals surface area contributed by atoms with E-state index in [1.54, 1.807) is 7.11 Å². The maximum atomic E-state index is 5.41. The number of benzene rings is 1. The minimum atomic E-state index is 0.868. The first kappa shape index (κ1) is 17.0. The van der Waals surface area contributed by atoms with Crippen molar-refractivity contribution in [3.05, 3.63) is 41.1 Å². The fourth-order valence-corrected chi connectivity index (χ4v) is 2.78. The molecule has 3 rings (SSSR count). The molecule has 1 aromatic carbocycles. The van der Waals surface area contributed by atoms with Gasteiger partial charge in [0.15, 0.2) is 0 Å². The summed E-state index contributed by atoms with van der Waals surface area (Å²) < 4.78 is 7.28. The number of nitrogens with zero attached hydrogens (tertiary/aromatic N) is 3. The second-order valence-corrected chi connectivity index (χ2v) is 5.41. The van der Waals surface area contributed by atoms with Gasteiger partial charge in [0.25, 0.3) is 0 Å². The highest BCUT2D eigenvalue weighted by molar-refractivity contribution is 5.88. The van der Waals surface area contributed by atoms with Crippen LogP contribution in [-0.4, -0.2) is 21.9 Å². The van der Waals surface area contributed by atoms with Crippen molar-refractivity contribution in [2.45, 2.75) is 34.6 Å². The average molecular weight is 311 g/mol. The van der Waals surface area contributed by atoms with Crippen LogP contribution in [0.1, 0.15) is 30.7 Å². The predicted octanol–water partition coefficient (Wildman–Crippen LogP) is 4.60. The van der Waals surface area contributed by atoms with Gasteiger partial charge in [0.05, 0.1) is 29.7 Å². The highest BCUT2D eigenvalue weighted by atomic mass is 16.5. The summed E-state index contributed by atoms with van der Waals surface area (Å²) in [6, 6.07) is 8.25. The third kappa shape index (κ3) is 3.07. The second kappa shape index (κ2) is 6.82. The van der Waals surface area contributed by atoms with Gasteiger partial charge in [0.1, 0.15) is 5.75 Å². The minimum absolute atomic E-state index is 0.868. The quantitative estimate of drug-likeness (QED) is 0.694. The van der Waals surface area contributed by atoms with Crippen LogP contribution in [0.4, 0.5) is 0 Å². The molecule has 0 N–H and O–H groups in total. The third-order valence-corrected chi connectivity index (χ3v) is 3.88. The smallest absolute Gasteiger partial charge is 0.123 e. The van der Waals surface area contributed by atoms with Crippen LogP contribution in [0.25, 0.3) is 22.3 Å². The van der Waals surface area contributed by atoms with Gasteiger partial charge in [-0.05, 0) is 50.6 Å². The van der Waals surface area contributed by atoms with Crippen LogP contribution in [0.15, 0.2) is 24.3 Å². The number of methoxy groups -OCH3 is 1. The van der Waals surface area contributed by atoms with Gasteiger partial charge in [-0.25, -0.2) is 4.98 Å². The molecule has 3 aromatic rings. The van der Waals surface area contributed by atoms with Crippen LogP contribution in [0, 0.1) is 20.8 Å². The maximum absolute atomic E-state index is 5.41. The average Bonchev–Trinajstić information content (AvgIpc) is 2.89. The van der Waals surface area contributed by atoms with E-state index in [1.807, 2.05) is 45.5 Å². The molecule has 0 aliphatic carbocycles. The summed E-state index contributed by atoms with van der Waals surface area (Å²) in [5.41, 5.74) is 6.23. The van der Waals surface area contributed by atoms with Gasteiger partial charge < -0.3 is 4.74 Å². The lowest BCUT2D eigenvalue weighted by Crippen LogP contribution is -1.98. The second-order valence-electron chi connectivity index (χ2n) is 5.41. The molecule has 2 heterocycles. The lowest BCUT2D eigenvalue weighted by atomic mass is 10.0. The topological polar surface area (TPSA) is 39.9 Å². The van der Waals surface area contributed by atoms with Crippen molar-refractivity contribution in [2.75, 3.05) is 7.11 Å². The number of pyridine rings is 1. The number of ether oxygens (including phenoxy) is 1. The Bertz CT molecular complexity index is 834. The van der Waals surface area contributed by atoms with Gasteiger partial charge in [-0.1, -0.05) is 13.8 Å². The molecule has 0 atom stereocenters. The van der Waals surface area contributed by atoms with Crippen molar-refractivity contribution in [2.24, 2.45) is 7.05 Å². The van der Waals surface area contributed by atoms with Crippen molar-refractivity contribution >= 4 is 10.9 Å². The van der Waals surface area contributed by atoms with Crippen LogP contribution in [-0.2, 0) is 7.05 Å². The van der Waals surface area contributed by atoms with E-state index in [-0.39, 0.29) is 0 Å². The van der Waals surface area contributed by atoms with Gasteiger partial charge in [-0.3, -0.25) is 4.68 Å². The first-order valence-corrected chi connectivity index (χ1v) is 7.97. The van der Waals surface area contributed by atoms with Gasteiger partial charge in [-0.15, -0.1) is 0 Å². The van der Waals surface area contributed by atoms with Crippen molar-refractivity contribution in [1.29, 1.82) is 0 Å². The Kier molecular flexibility index (Phi) is 5.04. The molecule has 0 unspecified atom stereocenters. The first-order chi connectivity index (χ1) is 11.0. The van der Waals surface area contributed by atoms with Crippen LogP contribution >= 0.6 is 0 Å². The van der Waals surface area contributed by atoms with E-state index in [4.69, 9.17) is 9.72 Å². The van der Waals surface area contributed by atoms with Gasteiger partial charge >= 0.3 is 0 Å². The monoisotopic (exact) mass is 311 g/mol. The van der Waals surface area contributed by atoms with Crippen molar-refractivity contribution in [3.63, 3.8) is 0 Å². The molecule has 0 bridgehead atoms. The van der Waals surface area contributed by atoms with Crippen molar-refractivity contribution in [3.8, 4) is 17.1 Å². The molecule has 4 heteroatoms. The summed E-state index contributed by atoms with van der Waals surface area (Å²) in [5, 5.41) is 5.57. The Balaban J connectivity index is 0.000000924. The molecule has 0 spiro atoms. The molecule has 2 aromatic heterocycles. The number of aryl methyl sites for hydroxylation is 4. The first-order valence-electron chi connectivity index (χ1n) is 7.97. The molecule has 0 saturated heterocycles. The van der Waals surface area contributed by atoms with E-state index in [1.165, 1.54) is 5.56 Å². The number of fused-ring (bicyclic) bond motifs is 1. The minimum Gasteiger partial charge on any atom is -0.496 e. The Morgan fingerprint density at radius 1 is 1.04 bits per heavy atom. The van der Waals surface area contributed by atoms with E-state index in [9.17, 15) is 0 Å². The molecule has 0 fully saturated rings. The molecule has 0 saturated carbocycles. The fraction of sp³-hybridized carbons (Fsp3) is 0.368. The Labute approximate surface area is 138 Å². The molecule has 122 valence electrons. The summed E-state index contributed by atoms with van der Waals surface area (Å²) >= 11 is 0. The normalized spacial score (nSPS) is 10.4. The van der Waals surface area contributed by atoms with Crippen LogP contribution in [0.3, 0.4) is 0 Å². The lowest BCUT2D eigenvalue weighted by Gasteiger charge is -2.11.